The molecule has 2 aliphatic rings. The monoisotopic (exact) mass is 381 g/mol. The first-order chi connectivity index (χ1) is 13.2. The minimum Gasteiger partial charge on any atom is -0.497 e. The van der Waals surface area contributed by atoms with Crippen molar-refractivity contribution in [3.05, 3.63) is 47.4 Å². The predicted octanol–water partition coefficient (Wildman–Crippen LogP) is 2.46. The Balaban J connectivity index is 1.48. The lowest BCUT2D eigenvalue weighted by Gasteiger charge is -2.15. The number of hydrogen-bond acceptors (Lipinski definition) is 5. The van der Waals surface area contributed by atoms with Crippen LogP contribution in [0.3, 0.4) is 0 Å². The van der Waals surface area contributed by atoms with Crippen molar-refractivity contribution < 1.29 is 9.53 Å². The first-order valence-corrected chi connectivity index (χ1v) is 9.91. The molecule has 0 fully saturated rings. The Morgan fingerprint density at radius 2 is 2.26 bits per heavy atom. The number of nitrogens with one attached hydrogen (secondary N) is 2. The fourth-order valence-electron chi connectivity index (χ4n) is 3.64. The summed E-state index contributed by atoms with van der Waals surface area (Å²) in [7, 11) is 1.66. The molecule has 0 saturated carbocycles. The molecule has 0 spiro atoms. The van der Waals surface area contributed by atoms with Crippen molar-refractivity contribution in [3.8, 4) is 17.3 Å². The predicted molar refractivity (Wildman–Crippen MR) is 102 cm³/mol. The topological polar surface area (TPSA) is 84.8 Å². The Bertz CT molecular complexity index is 1000. The molecule has 0 aliphatic carbocycles. The van der Waals surface area contributed by atoms with Crippen LogP contribution in [0, 0.1) is 0 Å². The van der Waals surface area contributed by atoms with Gasteiger partial charge in [0, 0.05) is 36.7 Å². The van der Waals surface area contributed by atoms with E-state index in [0.29, 0.717) is 24.5 Å². The van der Waals surface area contributed by atoms with Gasteiger partial charge >= 0.3 is 0 Å². The SMILES string of the molecule is COc1cccc([C@H]2CNC(=O)c3nc(-c4cn5c(n4)SCC5)[nH]c3C2)c1. The molecule has 0 unspecified atom stereocenters. The van der Waals surface area contributed by atoms with Crippen LogP contribution in [0.15, 0.2) is 35.6 Å². The van der Waals surface area contributed by atoms with Crippen molar-refractivity contribution in [2.24, 2.45) is 0 Å². The van der Waals surface area contributed by atoms with Gasteiger partial charge in [-0.2, -0.15) is 0 Å². The second-order valence-corrected chi connectivity index (χ2v) is 7.81. The number of H-pyrrole nitrogens is 1. The molecule has 0 saturated heterocycles. The molecule has 3 aromatic rings. The smallest absolute Gasteiger partial charge is 0.271 e. The maximum atomic E-state index is 12.5. The summed E-state index contributed by atoms with van der Waals surface area (Å²) in [6.07, 6.45) is 2.71. The third-order valence-electron chi connectivity index (χ3n) is 5.06. The third kappa shape index (κ3) is 2.90. The highest BCUT2D eigenvalue weighted by Crippen LogP contribution is 2.31. The lowest BCUT2D eigenvalue weighted by molar-refractivity contribution is 0.0950. The average Bonchev–Trinajstić information content (AvgIpc) is 3.37. The van der Waals surface area contributed by atoms with E-state index in [1.807, 2.05) is 24.4 Å². The van der Waals surface area contributed by atoms with Gasteiger partial charge in [0.25, 0.3) is 5.91 Å². The first-order valence-electron chi connectivity index (χ1n) is 8.92. The van der Waals surface area contributed by atoms with E-state index in [1.165, 1.54) is 0 Å². The summed E-state index contributed by atoms with van der Waals surface area (Å²) in [4.78, 5) is 25.1. The van der Waals surface area contributed by atoms with Gasteiger partial charge in [0.1, 0.15) is 17.1 Å². The van der Waals surface area contributed by atoms with E-state index in [1.54, 1.807) is 18.9 Å². The van der Waals surface area contributed by atoms with Gasteiger partial charge in [-0.15, -0.1) is 0 Å². The standard InChI is InChI=1S/C19H19N5O2S/c1-26-13-4-2-3-11(7-13)12-8-14-16(18(25)20-9-12)23-17(21-14)15-10-24-5-6-27-19(24)22-15/h2-4,7,10,12H,5-6,8-9H2,1H3,(H,20,25)(H,21,23)/t12-/m1/s1. The number of fused-ring (bicyclic) bond motifs is 2. The molecule has 8 heteroatoms. The van der Waals surface area contributed by atoms with Crippen molar-refractivity contribution >= 4 is 17.7 Å². The number of carbonyl (C=O) groups excluding carboxylic acids is 1. The summed E-state index contributed by atoms with van der Waals surface area (Å²) in [5.41, 5.74) is 3.25. The molecule has 5 rings (SSSR count). The number of rotatable bonds is 3. The zero-order chi connectivity index (χ0) is 18.4. The number of imidazole rings is 2. The Hall–Kier alpha value is -2.74. The second-order valence-electron chi connectivity index (χ2n) is 6.75. The molecule has 1 atom stereocenters. The molecule has 1 aromatic carbocycles. The largest absolute Gasteiger partial charge is 0.497 e. The van der Waals surface area contributed by atoms with Crippen molar-refractivity contribution in [1.29, 1.82) is 0 Å². The van der Waals surface area contributed by atoms with E-state index in [4.69, 9.17) is 4.74 Å². The van der Waals surface area contributed by atoms with Gasteiger partial charge in [0.2, 0.25) is 0 Å². The molecule has 138 valence electrons. The van der Waals surface area contributed by atoms with E-state index >= 15 is 0 Å². The van der Waals surface area contributed by atoms with Gasteiger partial charge in [-0.3, -0.25) is 4.79 Å². The van der Waals surface area contributed by atoms with Gasteiger partial charge in [-0.1, -0.05) is 23.9 Å². The van der Waals surface area contributed by atoms with Crippen LogP contribution >= 0.6 is 11.8 Å². The number of carbonyl (C=O) groups is 1. The molecule has 2 aromatic heterocycles. The van der Waals surface area contributed by atoms with E-state index in [2.05, 4.69) is 30.9 Å². The van der Waals surface area contributed by atoms with Crippen LogP contribution in [0.5, 0.6) is 5.75 Å². The molecule has 0 radical (unpaired) electrons. The normalized spacial score (nSPS) is 18.6. The molecule has 1 amide bonds. The molecular weight excluding hydrogens is 362 g/mol. The van der Waals surface area contributed by atoms with E-state index in [-0.39, 0.29) is 11.8 Å². The maximum absolute atomic E-state index is 12.5. The molecule has 2 aliphatic heterocycles. The lowest BCUT2D eigenvalue weighted by atomic mass is 9.94. The van der Waals surface area contributed by atoms with Gasteiger partial charge in [-0.05, 0) is 24.1 Å². The van der Waals surface area contributed by atoms with Gasteiger partial charge in [-0.25, -0.2) is 9.97 Å². The second kappa shape index (κ2) is 6.45. The van der Waals surface area contributed by atoms with Crippen LogP contribution in [0.1, 0.15) is 27.7 Å². The van der Waals surface area contributed by atoms with Crippen molar-refractivity contribution in [3.63, 3.8) is 0 Å². The zero-order valence-electron chi connectivity index (χ0n) is 14.9. The number of ether oxygens (including phenoxy) is 1. The molecule has 27 heavy (non-hydrogen) atoms. The number of aromatic nitrogens is 4. The van der Waals surface area contributed by atoms with Gasteiger partial charge < -0.3 is 19.6 Å². The minimum atomic E-state index is -0.140. The number of thioether (sulfide) groups is 1. The number of methoxy groups -OCH3 is 1. The Labute approximate surface area is 160 Å². The molecule has 0 bridgehead atoms. The molecule has 2 N–H and O–H groups in total. The Morgan fingerprint density at radius 1 is 1.33 bits per heavy atom. The van der Waals surface area contributed by atoms with Crippen molar-refractivity contribution in [2.75, 3.05) is 19.4 Å². The lowest BCUT2D eigenvalue weighted by Crippen LogP contribution is -2.26. The number of amides is 1. The van der Waals surface area contributed by atoms with Gasteiger partial charge in [0.15, 0.2) is 11.0 Å². The fraction of sp³-hybridized carbons (Fsp3) is 0.316. The van der Waals surface area contributed by atoms with Crippen LogP contribution in [0.4, 0.5) is 0 Å². The zero-order valence-corrected chi connectivity index (χ0v) is 15.7. The summed E-state index contributed by atoms with van der Waals surface area (Å²) in [6.45, 7) is 1.53. The van der Waals surface area contributed by atoms with E-state index in [0.717, 1.165) is 40.2 Å². The minimum absolute atomic E-state index is 0.140. The number of benzene rings is 1. The van der Waals surface area contributed by atoms with Crippen molar-refractivity contribution in [2.45, 2.75) is 24.0 Å². The molecular formula is C19H19N5O2S. The molecule has 7 nitrogen and oxygen atoms in total. The van der Waals surface area contributed by atoms with E-state index < -0.39 is 0 Å². The van der Waals surface area contributed by atoms with Crippen LogP contribution in [-0.4, -0.2) is 44.8 Å². The maximum Gasteiger partial charge on any atom is 0.271 e. The van der Waals surface area contributed by atoms with E-state index in [9.17, 15) is 4.79 Å². The van der Waals surface area contributed by atoms with Crippen LogP contribution in [-0.2, 0) is 13.0 Å². The molecule has 4 heterocycles. The average molecular weight is 381 g/mol. The highest BCUT2D eigenvalue weighted by atomic mass is 32.2. The summed E-state index contributed by atoms with van der Waals surface area (Å²) in [5.74, 6) is 2.55. The summed E-state index contributed by atoms with van der Waals surface area (Å²) in [6, 6.07) is 7.99. The first kappa shape index (κ1) is 16.4. The van der Waals surface area contributed by atoms with Gasteiger partial charge in [0.05, 0.1) is 7.11 Å². The Kier molecular flexibility index (Phi) is 3.93. The number of nitrogens with zero attached hydrogens (tertiary/aromatic N) is 3. The highest BCUT2D eigenvalue weighted by Gasteiger charge is 2.27. The third-order valence-corrected chi connectivity index (χ3v) is 6.04. The number of aromatic amines is 1. The van der Waals surface area contributed by atoms with Crippen LogP contribution in [0.2, 0.25) is 0 Å². The van der Waals surface area contributed by atoms with Crippen molar-refractivity contribution in [1.82, 2.24) is 24.8 Å². The van der Waals surface area contributed by atoms with Crippen LogP contribution in [0.25, 0.3) is 11.5 Å². The fourth-order valence-corrected chi connectivity index (χ4v) is 4.58. The quantitative estimate of drug-likeness (QED) is 0.728. The summed E-state index contributed by atoms with van der Waals surface area (Å²) < 4.78 is 7.47. The summed E-state index contributed by atoms with van der Waals surface area (Å²) >= 11 is 1.74. The number of hydrogen-bond donors (Lipinski definition) is 2. The number of aryl methyl sites for hydroxylation is 1. The summed E-state index contributed by atoms with van der Waals surface area (Å²) in [5, 5.41) is 4.01. The highest BCUT2D eigenvalue weighted by molar-refractivity contribution is 7.99. The Morgan fingerprint density at radius 3 is 3.11 bits per heavy atom. The van der Waals surface area contributed by atoms with Crippen LogP contribution < -0.4 is 10.1 Å².